The summed E-state index contributed by atoms with van der Waals surface area (Å²) in [5.41, 5.74) is 0.516. The number of nitrogens with zero attached hydrogens (tertiary/aromatic N) is 3. The van der Waals surface area contributed by atoms with Crippen molar-refractivity contribution >= 4 is 23.5 Å². The number of rotatable bonds is 6. The van der Waals surface area contributed by atoms with Gasteiger partial charge in [0.15, 0.2) is 5.66 Å². The number of hydrogen-bond acceptors (Lipinski definition) is 5. The first kappa shape index (κ1) is 26.5. The summed E-state index contributed by atoms with van der Waals surface area (Å²) in [5.74, 6) is 0.00892. The topological polar surface area (TPSA) is 107 Å². The number of ether oxygens (including phenoxy) is 1. The van der Waals surface area contributed by atoms with Crippen LogP contribution >= 0.6 is 0 Å². The molecule has 0 saturated heterocycles. The van der Waals surface area contributed by atoms with Gasteiger partial charge in [0.1, 0.15) is 11.4 Å². The monoisotopic (exact) mass is 491 g/mol. The van der Waals surface area contributed by atoms with Gasteiger partial charge in [-0.2, -0.15) is 0 Å². The van der Waals surface area contributed by atoms with Crippen molar-refractivity contribution in [2.45, 2.75) is 52.3 Å². The third kappa shape index (κ3) is 6.10. The molecule has 36 heavy (non-hydrogen) atoms. The van der Waals surface area contributed by atoms with E-state index in [0.717, 1.165) is 5.57 Å². The van der Waals surface area contributed by atoms with Gasteiger partial charge < -0.3 is 14.6 Å². The normalized spacial score (nSPS) is 17.8. The molecule has 190 valence electrons. The number of aromatic nitrogens is 2. The van der Waals surface area contributed by atoms with Crippen LogP contribution in [0.5, 0.6) is 0 Å². The van der Waals surface area contributed by atoms with E-state index < -0.39 is 17.4 Å². The Kier molecular flexibility index (Phi) is 7.52. The lowest BCUT2D eigenvalue weighted by Gasteiger charge is -2.21. The number of nitrogens with one attached hydrogen (secondary N) is 2. The summed E-state index contributed by atoms with van der Waals surface area (Å²) >= 11 is 0. The summed E-state index contributed by atoms with van der Waals surface area (Å²) in [7, 11) is 1.80. The highest BCUT2D eigenvalue weighted by molar-refractivity contribution is 6.08. The summed E-state index contributed by atoms with van der Waals surface area (Å²) < 4.78 is 8.59. The maximum Gasteiger partial charge on any atom is 0.413 e. The maximum absolute atomic E-state index is 13.2. The van der Waals surface area contributed by atoms with E-state index >= 15 is 0 Å². The summed E-state index contributed by atoms with van der Waals surface area (Å²) in [5, 5.41) is 5.62. The van der Waals surface area contributed by atoms with E-state index in [2.05, 4.69) is 22.2 Å². The number of alkyl carbamates (subject to hydrolysis) is 1. The van der Waals surface area contributed by atoms with Crippen molar-refractivity contribution in [3.05, 3.63) is 88.7 Å². The molecule has 0 saturated carbocycles. The average molecular weight is 492 g/mol. The van der Waals surface area contributed by atoms with Crippen LogP contribution in [-0.2, 0) is 11.8 Å². The molecule has 9 nitrogen and oxygen atoms in total. The first-order chi connectivity index (χ1) is 16.9. The van der Waals surface area contributed by atoms with E-state index in [9.17, 15) is 14.4 Å². The first-order valence-corrected chi connectivity index (χ1v) is 11.7. The van der Waals surface area contributed by atoms with Crippen LogP contribution in [0.1, 0.15) is 57.1 Å². The van der Waals surface area contributed by atoms with Crippen molar-refractivity contribution in [1.29, 1.82) is 0 Å². The summed E-state index contributed by atoms with van der Waals surface area (Å²) in [6.45, 7) is 12.8. The molecular weight excluding hydrogens is 458 g/mol. The van der Waals surface area contributed by atoms with E-state index in [0.29, 0.717) is 29.2 Å². The lowest BCUT2D eigenvalue weighted by atomic mass is 10.1. The molecule has 1 aliphatic heterocycles. The third-order valence-corrected chi connectivity index (χ3v) is 5.36. The molecule has 0 aromatic carbocycles. The van der Waals surface area contributed by atoms with Crippen LogP contribution in [0.25, 0.3) is 5.70 Å². The van der Waals surface area contributed by atoms with Crippen LogP contribution in [0.2, 0.25) is 0 Å². The number of aliphatic imine (C=N–C) groups is 1. The maximum atomic E-state index is 13.2. The Hall–Kier alpha value is -4.14. The molecule has 2 aromatic rings. The SMILES string of the molecule is C=C/C=C(\c1cc(C(=O)NC2(C)C=C(CC)C(NC(=O)OC(C)(C)C)=N2)cn1C)n1ccccc1=O. The van der Waals surface area contributed by atoms with Gasteiger partial charge in [0.25, 0.3) is 11.5 Å². The minimum atomic E-state index is -1.06. The average Bonchev–Trinajstić information content (AvgIpc) is 3.30. The third-order valence-electron chi connectivity index (χ3n) is 5.36. The molecule has 0 aliphatic carbocycles. The summed E-state index contributed by atoms with van der Waals surface area (Å²) in [4.78, 5) is 42.5. The fraction of sp³-hybridized carbons (Fsp3) is 0.333. The minimum Gasteiger partial charge on any atom is -0.444 e. The van der Waals surface area contributed by atoms with Gasteiger partial charge in [0, 0.05) is 25.5 Å². The van der Waals surface area contributed by atoms with Crippen molar-refractivity contribution in [3.63, 3.8) is 0 Å². The molecule has 0 spiro atoms. The molecule has 1 aliphatic rings. The van der Waals surface area contributed by atoms with Gasteiger partial charge in [0.05, 0.1) is 17.0 Å². The highest BCUT2D eigenvalue weighted by Gasteiger charge is 2.33. The number of carbonyl (C=O) groups excluding carboxylic acids is 2. The van der Waals surface area contributed by atoms with Gasteiger partial charge in [-0.1, -0.05) is 25.6 Å². The number of amidine groups is 1. The van der Waals surface area contributed by atoms with Crippen LogP contribution in [-0.4, -0.2) is 38.2 Å². The lowest BCUT2D eigenvalue weighted by Crippen LogP contribution is -2.42. The molecule has 2 N–H and O–H groups in total. The van der Waals surface area contributed by atoms with Crippen LogP contribution in [0.3, 0.4) is 0 Å². The van der Waals surface area contributed by atoms with Crippen molar-refractivity contribution in [2.24, 2.45) is 12.0 Å². The van der Waals surface area contributed by atoms with Crippen molar-refractivity contribution in [3.8, 4) is 0 Å². The molecule has 1 atom stereocenters. The molecule has 2 aromatic heterocycles. The first-order valence-electron chi connectivity index (χ1n) is 11.7. The molecule has 1 unspecified atom stereocenters. The Labute approximate surface area is 210 Å². The zero-order valence-electron chi connectivity index (χ0n) is 21.6. The molecule has 0 bridgehead atoms. The number of pyridine rings is 1. The molecule has 2 amide bonds. The van der Waals surface area contributed by atoms with Crippen LogP contribution in [0.15, 0.2) is 76.8 Å². The summed E-state index contributed by atoms with van der Waals surface area (Å²) in [6.07, 6.45) is 8.46. The van der Waals surface area contributed by atoms with Gasteiger partial charge in [-0.05, 0) is 64.0 Å². The van der Waals surface area contributed by atoms with Crippen LogP contribution in [0, 0.1) is 0 Å². The molecule has 3 rings (SSSR count). The van der Waals surface area contributed by atoms with Crippen molar-refractivity contribution in [2.75, 3.05) is 0 Å². The standard InChI is InChI=1S/C27H33N5O4/c1-8-12-20(32-14-11-10-13-22(32)33)21-15-19(17-31(21)7)24(34)30-27(6)16-18(9-2)23(29-27)28-25(35)36-26(3,4)5/h8,10-17H,1,9H2,2-7H3,(H,30,34)(H,28,29,35)/b20-12+. The number of aryl methyl sites for hydroxylation is 1. The van der Waals surface area contributed by atoms with E-state index in [4.69, 9.17) is 4.74 Å². The molecule has 0 fully saturated rings. The molecular formula is C27H33N5O4. The predicted octanol–water partition coefficient (Wildman–Crippen LogP) is 3.98. The summed E-state index contributed by atoms with van der Waals surface area (Å²) in [6, 6.07) is 6.60. The van der Waals surface area contributed by atoms with Crippen LogP contribution in [0.4, 0.5) is 4.79 Å². The second-order valence-electron chi connectivity index (χ2n) is 9.63. The Morgan fingerprint density at radius 2 is 2.00 bits per heavy atom. The second kappa shape index (κ2) is 10.2. The Morgan fingerprint density at radius 3 is 2.61 bits per heavy atom. The number of hydrogen-bond donors (Lipinski definition) is 2. The van der Waals surface area contributed by atoms with E-state index in [1.165, 1.54) is 10.6 Å². The van der Waals surface area contributed by atoms with Gasteiger partial charge in [-0.15, -0.1) is 0 Å². The second-order valence-corrected chi connectivity index (χ2v) is 9.63. The number of carbonyl (C=O) groups is 2. The Balaban J connectivity index is 1.86. The molecule has 9 heteroatoms. The van der Waals surface area contributed by atoms with Crippen molar-refractivity contribution < 1.29 is 14.3 Å². The Bertz CT molecular complexity index is 1340. The number of allylic oxidation sites excluding steroid dienone is 2. The highest BCUT2D eigenvalue weighted by Crippen LogP contribution is 2.24. The van der Waals surface area contributed by atoms with E-state index in [-0.39, 0.29) is 11.5 Å². The minimum absolute atomic E-state index is 0.201. The fourth-order valence-corrected chi connectivity index (χ4v) is 3.86. The Morgan fingerprint density at radius 1 is 1.28 bits per heavy atom. The van der Waals surface area contributed by atoms with Gasteiger partial charge in [-0.25, -0.2) is 9.79 Å². The highest BCUT2D eigenvalue weighted by atomic mass is 16.6. The predicted molar refractivity (Wildman–Crippen MR) is 141 cm³/mol. The quantitative estimate of drug-likeness (QED) is 0.596. The van der Waals surface area contributed by atoms with E-state index in [1.54, 1.807) is 82.1 Å². The van der Waals surface area contributed by atoms with Crippen molar-refractivity contribution in [1.82, 2.24) is 19.8 Å². The fourth-order valence-electron chi connectivity index (χ4n) is 3.86. The largest absolute Gasteiger partial charge is 0.444 e. The zero-order valence-corrected chi connectivity index (χ0v) is 21.6. The van der Waals surface area contributed by atoms with Crippen LogP contribution < -0.4 is 16.2 Å². The smallest absolute Gasteiger partial charge is 0.413 e. The molecule has 0 radical (unpaired) electrons. The van der Waals surface area contributed by atoms with Gasteiger partial charge in [0.2, 0.25) is 0 Å². The zero-order chi connectivity index (χ0) is 26.7. The van der Waals surface area contributed by atoms with Gasteiger partial charge >= 0.3 is 6.09 Å². The number of amides is 2. The van der Waals surface area contributed by atoms with Gasteiger partial charge in [-0.3, -0.25) is 19.5 Å². The molecule has 3 heterocycles. The lowest BCUT2D eigenvalue weighted by molar-refractivity contribution is 0.0563. The van der Waals surface area contributed by atoms with E-state index in [1.807, 2.05) is 13.0 Å².